The molecule has 0 saturated heterocycles. The Bertz CT molecular complexity index is 451. The van der Waals surface area contributed by atoms with Crippen molar-refractivity contribution in [3.8, 4) is 0 Å². The first-order valence-electron chi connectivity index (χ1n) is 5.08. The predicted molar refractivity (Wildman–Crippen MR) is 63.5 cm³/mol. The maximum absolute atomic E-state index is 9.14. The van der Waals surface area contributed by atoms with E-state index in [0.29, 0.717) is 12.4 Å². The monoisotopic (exact) mass is 216 g/mol. The Labute approximate surface area is 95.0 Å². The molecule has 0 saturated carbocycles. The summed E-state index contributed by atoms with van der Waals surface area (Å²) in [6.45, 7) is 6.28. The van der Waals surface area contributed by atoms with Gasteiger partial charge >= 0.3 is 0 Å². The number of rotatable bonds is 2. The molecule has 1 N–H and O–H groups in total. The Morgan fingerprint density at radius 3 is 3.06 bits per heavy atom. The van der Waals surface area contributed by atoms with E-state index in [1.807, 2.05) is 19.1 Å². The van der Waals surface area contributed by atoms with E-state index < -0.39 is 0 Å². The number of amidine groups is 1. The molecular weight excluding hydrogens is 202 g/mol. The normalized spacial score (nSPS) is 15.8. The van der Waals surface area contributed by atoms with Gasteiger partial charge in [0, 0.05) is 31.4 Å². The first kappa shape index (κ1) is 10.8. The molecule has 2 heterocycles. The third-order valence-electron chi connectivity index (χ3n) is 2.51. The van der Waals surface area contributed by atoms with Gasteiger partial charge in [-0.15, -0.1) is 0 Å². The van der Waals surface area contributed by atoms with Gasteiger partial charge in [0.2, 0.25) is 0 Å². The van der Waals surface area contributed by atoms with Gasteiger partial charge < -0.3 is 10.0 Å². The molecule has 1 aromatic rings. The van der Waals surface area contributed by atoms with Crippen molar-refractivity contribution in [1.82, 2.24) is 9.88 Å². The van der Waals surface area contributed by atoms with Crippen molar-refractivity contribution < 1.29 is 5.11 Å². The van der Waals surface area contributed by atoms with E-state index in [0.717, 1.165) is 16.8 Å². The van der Waals surface area contributed by atoms with E-state index in [9.17, 15) is 0 Å². The molecule has 4 nitrogen and oxygen atoms in total. The molecule has 1 radical (unpaired) electrons. The van der Waals surface area contributed by atoms with Crippen molar-refractivity contribution in [3.05, 3.63) is 42.7 Å². The van der Waals surface area contributed by atoms with Crippen LogP contribution in [0.5, 0.6) is 0 Å². The molecule has 4 heteroatoms. The number of hydrogen-bond donors (Lipinski definition) is 1. The topological polar surface area (TPSA) is 48.7 Å². The number of aliphatic hydroxyl groups excluding tert-OH is 1. The Morgan fingerprint density at radius 2 is 2.38 bits per heavy atom. The van der Waals surface area contributed by atoms with Gasteiger partial charge in [0.1, 0.15) is 12.6 Å². The summed E-state index contributed by atoms with van der Waals surface area (Å²) in [5.74, 6) is 0.582. The van der Waals surface area contributed by atoms with Crippen LogP contribution in [0.15, 0.2) is 29.5 Å². The maximum Gasteiger partial charge on any atom is 0.117 e. The molecule has 1 aromatic heterocycles. The summed E-state index contributed by atoms with van der Waals surface area (Å²) >= 11 is 0. The minimum absolute atomic E-state index is 0.0779. The molecule has 1 aliphatic rings. The highest BCUT2D eigenvalue weighted by atomic mass is 16.3. The lowest BCUT2D eigenvalue weighted by molar-refractivity contribution is 0.181. The molecule has 0 amide bonds. The van der Waals surface area contributed by atoms with Gasteiger partial charge in [0.25, 0.3) is 0 Å². The summed E-state index contributed by atoms with van der Waals surface area (Å²) in [6, 6.07) is 3.96. The maximum atomic E-state index is 9.14. The van der Waals surface area contributed by atoms with Gasteiger partial charge in [-0.25, -0.2) is 4.99 Å². The van der Waals surface area contributed by atoms with Crippen LogP contribution in [0.4, 0.5) is 0 Å². The van der Waals surface area contributed by atoms with Crippen molar-refractivity contribution in [2.75, 3.05) is 13.3 Å². The lowest BCUT2D eigenvalue weighted by atomic mass is 10.1. The lowest BCUT2D eigenvalue weighted by Gasteiger charge is -2.25. The average molecular weight is 216 g/mol. The molecule has 16 heavy (non-hydrogen) atoms. The zero-order valence-electron chi connectivity index (χ0n) is 9.22. The van der Waals surface area contributed by atoms with Crippen LogP contribution in [-0.2, 0) is 0 Å². The number of aryl methyl sites for hydroxylation is 1. The summed E-state index contributed by atoms with van der Waals surface area (Å²) in [5, 5.41) is 9.14. The Balaban J connectivity index is 2.30. The molecule has 1 aliphatic heterocycles. The third-order valence-corrected chi connectivity index (χ3v) is 2.51. The molecule has 2 rings (SSSR count). The molecule has 0 atom stereocenters. The fourth-order valence-corrected chi connectivity index (χ4v) is 1.56. The number of aromatic nitrogens is 1. The highest BCUT2D eigenvalue weighted by Gasteiger charge is 2.14. The van der Waals surface area contributed by atoms with Gasteiger partial charge in [0.15, 0.2) is 0 Å². The predicted octanol–water partition coefficient (Wildman–Crippen LogP) is 1.23. The van der Waals surface area contributed by atoms with Crippen LogP contribution in [0.3, 0.4) is 0 Å². The van der Waals surface area contributed by atoms with E-state index in [4.69, 9.17) is 5.11 Å². The van der Waals surface area contributed by atoms with Crippen LogP contribution in [0, 0.1) is 13.8 Å². The number of nitrogens with zero attached hydrogens (tertiary/aromatic N) is 3. The van der Waals surface area contributed by atoms with Gasteiger partial charge in [0.05, 0.1) is 5.69 Å². The van der Waals surface area contributed by atoms with E-state index >= 15 is 0 Å². The lowest BCUT2D eigenvalue weighted by Crippen LogP contribution is -2.33. The van der Waals surface area contributed by atoms with Crippen LogP contribution in [0.2, 0.25) is 0 Å². The molecule has 0 aliphatic carbocycles. The van der Waals surface area contributed by atoms with E-state index in [2.05, 4.69) is 16.9 Å². The molecular formula is C12H14N3O. The van der Waals surface area contributed by atoms with Crippen LogP contribution in [0.1, 0.15) is 11.3 Å². The Hall–Kier alpha value is -1.68. The van der Waals surface area contributed by atoms with Crippen LogP contribution >= 0.6 is 0 Å². The quantitative estimate of drug-likeness (QED) is 0.808. The standard InChI is InChI=1S/C12H14N3O/c1-9-3-4-13-12(5-9)11-6-14-10(2)15(7-11)8-16/h3-6,16H,2,7-8H2,1H3. The minimum atomic E-state index is -0.0779. The first-order chi connectivity index (χ1) is 7.70. The molecule has 0 aromatic carbocycles. The van der Waals surface area contributed by atoms with Gasteiger partial charge in [-0.3, -0.25) is 4.98 Å². The van der Waals surface area contributed by atoms with Crippen LogP contribution in [-0.4, -0.2) is 34.1 Å². The molecule has 83 valence electrons. The van der Waals surface area contributed by atoms with Crippen molar-refractivity contribution in [1.29, 1.82) is 0 Å². The second kappa shape index (κ2) is 4.45. The largest absolute Gasteiger partial charge is 0.376 e. The summed E-state index contributed by atoms with van der Waals surface area (Å²) in [5.41, 5.74) is 3.05. The van der Waals surface area contributed by atoms with Crippen molar-refractivity contribution in [2.45, 2.75) is 6.92 Å². The minimum Gasteiger partial charge on any atom is -0.376 e. The third kappa shape index (κ3) is 2.12. The van der Waals surface area contributed by atoms with Crippen LogP contribution < -0.4 is 0 Å². The fraction of sp³-hybridized carbons (Fsp3) is 0.250. The summed E-state index contributed by atoms with van der Waals surface area (Å²) in [7, 11) is 0. The highest BCUT2D eigenvalue weighted by Crippen LogP contribution is 2.18. The zero-order chi connectivity index (χ0) is 11.5. The zero-order valence-corrected chi connectivity index (χ0v) is 9.22. The summed E-state index contributed by atoms with van der Waals surface area (Å²) in [4.78, 5) is 10.1. The van der Waals surface area contributed by atoms with Gasteiger partial charge in [-0.1, -0.05) is 0 Å². The molecule has 0 bridgehead atoms. The molecule has 0 fully saturated rings. The number of aliphatic imine (C=N–C) groups is 1. The average Bonchev–Trinajstić information content (AvgIpc) is 2.29. The SMILES string of the molecule is [CH2]C1=NC=C(c2cc(C)ccn2)CN1CO. The summed E-state index contributed by atoms with van der Waals surface area (Å²) in [6.07, 6.45) is 3.54. The fourth-order valence-electron chi connectivity index (χ4n) is 1.56. The van der Waals surface area contributed by atoms with Crippen molar-refractivity contribution >= 4 is 11.4 Å². The van der Waals surface area contributed by atoms with Gasteiger partial charge in [-0.05, 0) is 24.6 Å². The Kier molecular flexibility index (Phi) is 3.01. The van der Waals surface area contributed by atoms with Crippen LogP contribution in [0.25, 0.3) is 5.57 Å². The van der Waals surface area contributed by atoms with Crippen molar-refractivity contribution in [2.24, 2.45) is 4.99 Å². The number of hydrogen-bond acceptors (Lipinski definition) is 4. The van der Waals surface area contributed by atoms with E-state index in [1.54, 1.807) is 17.3 Å². The second-order valence-electron chi connectivity index (χ2n) is 3.76. The van der Waals surface area contributed by atoms with Crippen molar-refractivity contribution in [3.63, 3.8) is 0 Å². The summed E-state index contributed by atoms with van der Waals surface area (Å²) < 4.78 is 0. The highest BCUT2D eigenvalue weighted by molar-refractivity contribution is 5.90. The molecule has 0 unspecified atom stereocenters. The number of aliphatic hydroxyl groups is 1. The van der Waals surface area contributed by atoms with E-state index in [1.165, 1.54) is 0 Å². The van der Waals surface area contributed by atoms with E-state index in [-0.39, 0.29) is 6.73 Å². The smallest absolute Gasteiger partial charge is 0.117 e. The first-order valence-corrected chi connectivity index (χ1v) is 5.08. The second-order valence-corrected chi connectivity index (χ2v) is 3.76. The van der Waals surface area contributed by atoms with Gasteiger partial charge in [-0.2, -0.15) is 0 Å². The molecule has 0 spiro atoms. The number of pyridine rings is 1. The Morgan fingerprint density at radius 1 is 1.56 bits per heavy atom.